The quantitative estimate of drug-likeness (QED) is 0.635. The number of rotatable bonds is 5. The lowest BCUT2D eigenvalue weighted by Gasteiger charge is -2.37. The second-order valence-electron chi connectivity index (χ2n) is 8.14. The lowest BCUT2D eigenvalue weighted by molar-refractivity contribution is -0.286. The molecule has 3 aliphatic heterocycles. The first-order chi connectivity index (χ1) is 15.2. The lowest BCUT2D eigenvalue weighted by atomic mass is 9.94. The van der Waals surface area contributed by atoms with E-state index in [2.05, 4.69) is 26.6 Å². The molecule has 1 aromatic rings. The lowest BCUT2D eigenvalue weighted by Crippen LogP contribution is -2.64. The number of allylic oxidation sites excluding steroid dienone is 2. The Bertz CT molecular complexity index is 979. The number of alkyl halides is 2. The van der Waals surface area contributed by atoms with Crippen molar-refractivity contribution in [2.75, 3.05) is 40.4 Å². The Labute approximate surface area is 186 Å². The summed E-state index contributed by atoms with van der Waals surface area (Å²) in [6.07, 6.45) is 1.73. The highest BCUT2D eigenvalue weighted by Crippen LogP contribution is 2.48. The normalized spacial score (nSPS) is 26.1. The van der Waals surface area contributed by atoms with Crippen molar-refractivity contribution in [3.05, 3.63) is 41.1 Å². The molecule has 0 amide bonds. The Morgan fingerprint density at radius 3 is 2.84 bits per heavy atom. The largest absolute Gasteiger partial charge is 0.586 e. The van der Waals surface area contributed by atoms with Crippen LogP contribution in [-0.2, 0) is 10.5 Å². The van der Waals surface area contributed by atoms with Crippen molar-refractivity contribution in [3.8, 4) is 11.5 Å². The van der Waals surface area contributed by atoms with E-state index in [0.29, 0.717) is 36.5 Å². The van der Waals surface area contributed by atoms with Crippen LogP contribution in [0.1, 0.15) is 30.9 Å². The van der Waals surface area contributed by atoms with Gasteiger partial charge in [0.2, 0.25) is 0 Å². The average molecular weight is 450 g/mol. The summed E-state index contributed by atoms with van der Waals surface area (Å²) in [6, 6.07) is 3.26. The predicted molar refractivity (Wildman–Crippen MR) is 117 cm³/mol. The van der Waals surface area contributed by atoms with Gasteiger partial charge in [-0.1, -0.05) is 6.08 Å². The topological polar surface area (TPSA) is 93.4 Å². The minimum absolute atomic E-state index is 0.0337. The van der Waals surface area contributed by atoms with Crippen LogP contribution >= 0.6 is 0 Å². The van der Waals surface area contributed by atoms with Crippen molar-refractivity contribution in [1.29, 1.82) is 0 Å². The molecular weight excluding hydrogens is 420 g/mol. The number of ether oxygens (including phenoxy) is 3. The first-order valence-electron chi connectivity index (χ1n) is 10.6. The van der Waals surface area contributed by atoms with Crippen LogP contribution in [0.5, 0.6) is 11.5 Å². The third kappa shape index (κ3) is 4.57. The third-order valence-corrected chi connectivity index (χ3v) is 5.75. The van der Waals surface area contributed by atoms with Crippen LogP contribution in [0, 0.1) is 0 Å². The summed E-state index contributed by atoms with van der Waals surface area (Å²) in [7, 11) is 3.32. The molecule has 1 unspecified atom stereocenters. The SMILES string of the molecule is CN=C1C=C(C)NC(N)(c2cc3c(c(C4=CCN(CCOC)CCC4)c2)OC(F)(F)O3)N1. The number of hydrogen-bond acceptors (Lipinski definition) is 7. The van der Waals surface area contributed by atoms with Gasteiger partial charge in [-0.3, -0.25) is 15.6 Å². The second kappa shape index (κ2) is 8.68. The molecule has 32 heavy (non-hydrogen) atoms. The van der Waals surface area contributed by atoms with Crippen LogP contribution < -0.4 is 25.8 Å². The van der Waals surface area contributed by atoms with Gasteiger partial charge in [0.15, 0.2) is 17.3 Å². The van der Waals surface area contributed by atoms with E-state index in [9.17, 15) is 8.78 Å². The number of nitrogens with two attached hydrogens (primary N) is 1. The number of nitrogens with one attached hydrogen (secondary N) is 2. The maximum Gasteiger partial charge on any atom is 0.586 e. The van der Waals surface area contributed by atoms with E-state index in [4.69, 9.17) is 19.9 Å². The molecule has 4 N–H and O–H groups in total. The zero-order valence-electron chi connectivity index (χ0n) is 18.5. The molecule has 0 aliphatic carbocycles. The van der Waals surface area contributed by atoms with Crippen LogP contribution in [0.25, 0.3) is 5.57 Å². The van der Waals surface area contributed by atoms with E-state index >= 15 is 0 Å². The van der Waals surface area contributed by atoms with E-state index < -0.39 is 12.1 Å². The molecule has 0 bridgehead atoms. The second-order valence-corrected chi connectivity index (χ2v) is 8.14. The maximum absolute atomic E-state index is 14.0. The molecule has 1 aromatic carbocycles. The Kier molecular flexibility index (Phi) is 6.11. The van der Waals surface area contributed by atoms with E-state index in [1.54, 1.807) is 20.2 Å². The number of methoxy groups -OCH3 is 1. The van der Waals surface area contributed by atoms with Crippen LogP contribution in [0.4, 0.5) is 8.78 Å². The number of amidine groups is 1. The third-order valence-electron chi connectivity index (χ3n) is 5.75. The van der Waals surface area contributed by atoms with E-state index in [1.165, 1.54) is 6.07 Å². The molecule has 0 aromatic heterocycles. The van der Waals surface area contributed by atoms with Crippen molar-refractivity contribution in [1.82, 2.24) is 15.5 Å². The zero-order valence-corrected chi connectivity index (χ0v) is 18.5. The summed E-state index contributed by atoms with van der Waals surface area (Å²) in [4.78, 5) is 6.44. The summed E-state index contributed by atoms with van der Waals surface area (Å²) >= 11 is 0. The number of halogens is 2. The van der Waals surface area contributed by atoms with Crippen LogP contribution in [-0.4, -0.2) is 57.4 Å². The molecule has 174 valence electrons. The minimum Gasteiger partial charge on any atom is -0.395 e. The summed E-state index contributed by atoms with van der Waals surface area (Å²) in [5, 5.41) is 6.31. The number of aliphatic imine (C=N–C) groups is 1. The van der Waals surface area contributed by atoms with Gasteiger partial charge in [-0.15, -0.1) is 8.78 Å². The fourth-order valence-corrected chi connectivity index (χ4v) is 4.20. The van der Waals surface area contributed by atoms with E-state index in [-0.39, 0.29) is 11.5 Å². The van der Waals surface area contributed by atoms with Crippen molar-refractivity contribution >= 4 is 11.4 Å². The van der Waals surface area contributed by atoms with Gasteiger partial charge in [-0.25, -0.2) is 0 Å². The van der Waals surface area contributed by atoms with Gasteiger partial charge in [0.25, 0.3) is 0 Å². The Morgan fingerprint density at radius 1 is 1.28 bits per heavy atom. The molecule has 0 radical (unpaired) electrons. The smallest absolute Gasteiger partial charge is 0.395 e. The molecule has 4 rings (SSSR count). The molecule has 10 heteroatoms. The first kappa shape index (κ1) is 22.5. The van der Waals surface area contributed by atoms with Gasteiger partial charge >= 0.3 is 6.29 Å². The molecule has 8 nitrogen and oxygen atoms in total. The first-order valence-corrected chi connectivity index (χ1v) is 10.6. The van der Waals surface area contributed by atoms with Gasteiger partial charge in [0, 0.05) is 44.1 Å². The monoisotopic (exact) mass is 449 g/mol. The number of benzene rings is 1. The van der Waals surface area contributed by atoms with Crippen molar-refractivity contribution < 1.29 is 23.0 Å². The molecule has 0 saturated carbocycles. The average Bonchev–Trinajstić information content (AvgIpc) is 2.89. The molecule has 0 fully saturated rings. The van der Waals surface area contributed by atoms with Crippen LogP contribution in [0.15, 0.2) is 35.0 Å². The highest BCUT2D eigenvalue weighted by molar-refractivity contribution is 5.95. The van der Waals surface area contributed by atoms with Crippen molar-refractivity contribution in [2.24, 2.45) is 10.7 Å². The fourth-order valence-electron chi connectivity index (χ4n) is 4.20. The van der Waals surface area contributed by atoms with E-state index in [1.807, 2.05) is 13.0 Å². The summed E-state index contributed by atoms with van der Waals surface area (Å²) in [6.45, 7) is 4.88. The predicted octanol–water partition coefficient (Wildman–Crippen LogP) is 2.33. The molecule has 3 aliphatic rings. The molecule has 1 atom stereocenters. The summed E-state index contributed by atoms with van der Waals surface area (Å²) in [5.74, 6) is -0.684. The van der Waals surface area contributed by atoms with Gasteiger partial charge in [-0.2, -0.15) is 0 Å². The minimum atomic E-state index is -3.73. The van der Waals surface area contributed by atoms with Crippen LogP contribution in [0.3, 0.4) is 0 Å². The summed E-state index contributed by atoms with van der Waals surface area (Å²) in [5.41, 5.74) is 9.43. The standard InChI is InChI=1S/C22H29F2N5O3/c1-14-11-19(26-2)28-21(25,27-14)16-12-17(20-18(13-16)31-22(23,24)32-20)15-5-4-7-29(8-6-15)9-10-30-3/h6,11-13,27H,4-5,7-10,25H2,1-3H3,(H,26,28). The van der Waals surface area contributed by atoms with Gasteiger partial charge in [0.1, 0.15) is 5.84 Å². The van der Waals surface area contributed by atoms with Crippen molar-refractivity contribution in [3.63, 3.8) is 0 Å². The van der Waals surface area contributed by atoms with Gasteiger partial charge in [-0.05, 0) is 50.1 Å². The molecule has 0 spiro atoms. The molecular formula is C22H29F2N5O3. The zero-order chi connectivity index (χ0) is 22.9. The fraction of sp³-hybridized carbons (Fsp3) is 0.500. The molecule has 0 saturated heterocycles. The molecule has 3 heterocycles. The Balaban J connectivity index is 1.74. The van der Waals surface area contributed by atoms with Gasteiger partial charge in [0.05, 0.1) is 6.61 Å². The van der Waals surface area contributed by atoms with E-state index in [0.717, 1.165) is 30.8 Å². The van der Waals surface area contributed by atoms with Crippen molar-refractivity contribution in [2.45, 2.75) is 31.8 Å². The number of fused-ring (bicyclic) bond motifs is 1. The Morgan fingerprint density at radius 2 is 2.09 bits per heavy atom. The highest BCUT2D eigenvalue weighted by atomic mass is 19.3. The Hall–Kier alpha value is -2.69. The number of nitrogens with zero attached hydrogens (tertiary/aromatic N) is 2. The van der Waals surface area contributed by atoms with Crippen LogP contribution in [0.2, 0.25) is 0 Å². The number of hydrogen-bond donors (Lipinski definition) is 3. The maximum atomic E-state index is 14.0. The highest BCUT2D eigenvalue weighted by Gasteiger charge is 2.46. The van der Waals surface area contributed by atoms with Gasteiger partial charge < -0.3 is 24.8 Å². The summed E-state index contributed by atoms with van der Waals surface area (Å²) < 4.78 is 43.0.